The summed E-state index contributed by atoms with van der Waals surface area (Å²) in [5.41, 5.74) is 5.38. The normalized spacial score (nSPS) is 14.9. The van der Waals surface area contributed by atoms with Crippen LogP contribution in [0.4, 0.5) is 0 Å². The number of carboxylic acid groups (broad SMARTS) is 1. The number of hydrogen-bond donors (Lipinski definition) is 2. The Bertz CT molecular complexity index is 988. The van der Waals surface area contributed by atoms with Gasteiger partial charge in [0.25, 0.3) is 0 Å². The van der Waals surface area contributed by atoms with Crippen molar-refractivity contribution in [3.8, 4) is 0 Å². The largest absolute Gasteiger partial charge is 0.478 e. The molecule has 2 heterocycles. The molecule has 0 bridgehead atoms. The number of aromatic carboxylic acids is 1. The van der Waals surface area contributed by atoms with Gasteiger partial charge in [-0.3, -0.25) is 4.90 Å². The van der Waals surface area contributed by atoms with Gasteiger partial charge in [-0.2, -0.15) is 0 Å². The Hall–Kier alpha value is -2.85. The highest BCUT2D eigenvalue weighted by atomic mass is 16.4. The van der Waals surface area contributed by atoms with Gasteiger partial charge < -0.3 is 10.1 Å². The van der Waals surface area contributed by atoms with Crippen LogP contribution in [0.3, 0.4) is 0 Å². The number of unbranched alkanes of at least 4 members (excludes halogenated alkanes) is 1. The van der Waals surface area contributed by atoms with Gasteiger partial charge >= 0.3 is 5.97 Å². The Morgan fingerprint density at radius 3 is 2.71 bits per heavy atom. The molecule has 1 aliphatic heterocycles. The number of carboxylic acids is 1. The Balaban J connectivity index is 1.28. The van der Waals surface area contributed by atoms with Crippen LogP contribution in [0.5, 0.6) is 0 Å². The summed E-state index contributed by atoms with van der Waals surface area (Å²) >= 11 is 0. The standard InChI is InChI=1S/C24H26N2O2/c27-24(28)20-9-10-23-22(16-20)21(17-25-23)8-4-5-13-26-14-11-19(12-15-26)18-6-2-1-3-7-18/h1-3,6-7,9-11,16-17,25H,4-5,8,12-15H2,(H,27,28). The second-order valence-electron chi connectivity index (χ2n) is 7.48. The van der Waals surface area contributed by atoms with Crippen molar-refractivity contribution in [2.75, 3.05) is 19.6 Å². The molecule has 0 saturated heterocycles. The number of hydrogen-bond acceptors (Lipinski definition) is 2. The molecule has 0 radical (unpaired) electrons. The van der Waals surface area contributed by atoms with Crippen molar-refractivity contribution >= 4 is 22.4 Å². The minimum absolute atomic E-state index is 0.350. The molecule has 1 aromatic heterocycles. The van der Waals surface area contributed by atoms with Crippen LogP contribution >= 0.6 is 0 Å². The maximum atomic E-state index is 11.2. The quantitative estimate of drug-likeness (QED) is 0.574. The topological polar surface area (TPSA) is 56.3 Å². The first-order valence-electron chi connectivity index (χ1n) is 10.0. The molecule has 28 heavy (non-hydrogen) atoms. The van der Waals surface area contributed by atoms with E-state index >= 15 is 0 Å². The number of aromatic nitrogens is 1. The van der Waals surface area contributed by atoms with Crippen molar-refractivity contribution in [2.24, 2.45) is 0 Å². The summed E-state index contributed by atoms with van der Waals surface area (Å²) < 4.78 is 0. The zero-order chi connectivity index (χ0) is 19.3. The molecule has 0 atom stereocenters. The van der Waals surface area contributed by atoms with Crippen molar-refractivity contribution in [1.29, 1.82) is 0 Å². The van der Waals surface area contributed by atoms with Crippen molar-refractivity contribution in [3.05, 3.63) is 77.5 Å². The van der Waals surface area contributed by atoms with E-state index in [-0.39, 0.29) is 0 Å². The Morgan fingerprint density at radius 1 is 1.11 bits per heavy atom. The molecule has 2 aromatic carbocycles. The lowest BCUT2D eigenvalue weighted by Gasteiger charge is -2.26. The maximum absolute atomic E-state index is 11.2. The fourth-order valence-corrected chi connectivity index (χ4v) is 4.00. The highest BCUT2D eigenvalue weighted by molar-refractivity contribution is 5.94. The molecule has 4 heteroatoms. The molecule has 0 saturated carbocycles. The smallest absolute Gasteiger partial charge is 0.335 e. The number of H-pyrrole nitrogens is 1. The van der Waals surface area contributed by atoms with Gasteiger partial charge in [0.05, 0.1) is 5.56 Å². The molecule has 4 nitrogen and oxygen atoms in total. The van der Waals surface area contributed by atoms with Gasteiger partial charge in [0.1, 0.15) is 0 Å². The lowest BCUT2D eigenvalue weighted by Crippen LogP contribution is -2.29. The number of aryl methyl sites for hydroxylation is 1. The highest BCUT2D eigenvalue weighted by Crippen LogP contribution is 2.23. The van der Waals surface area contributed by atoms with Gasteiger partial charge in [0.15, 0.2) is 0 Å². The van der Waals surface area contributed by atoms with E-state index in [9.17, 15) is 9.90 Å². The summed E-state index contributed by atoms with van der Waals surface area (Å²) in [5, 5.41) is 10.2. The van der Waals surface area contributed by atoms with Gasteiger partial charge in [0.2, 0.25) is 0 Å². The number of fused-ring (bicyclic) bond motifs is 1. The zero-order valence-corrected chi connectivity index (χ0v) is 16.0. The molecular formula is C24H26N2O2. The van der Waals surface area contributed by atoms with Gasteiger partial charge in [-0.05, 0) is 67.1 Å². The van der Waals surface area contributed by atoms with Crippen LogP contribution in [0.25, 0.3) is 16.5 Å². The van der Waals surface area contributed by atoms with Crippen LogP contribution < -0.4 is 0 Å². The maximum Gasteiger partial charge on any atom is 0.335 e. The van der Waals surface area contributed by atoms with Crippen molar-refractivity contribution in [2.45, 2.75) is 25.7 Å². The highest BCUT2D eigenvalue weighted by Gasteiger charge is 2.13. The molecule has 0 spiro atoms. The lowest BCUT2D eigenvalue weighted by atomic mass is 9.99. The Kier molecular flexibility index (Phi) is 5.58. The fraction of sp³-hybridized carbons (Fsp3) is 0.292. The first kappa shape index (κ1) is 18.5. The van der Waals surface area contributed by atoms with Crippen LogP contribution in [-0.4, -0.2) is 40.6 Å². The minimum atomic E-state index is -0.873. The van der Waals surface area contributed by atoms with E-state index in [4.69, 9.17) is 0 Å². The summed E-state index contributed by atoms with van der Waals surface area (Å²) in [6.45, 7) is 3.26. The molecule has 1 aliphatic rings. The third-order valence-corrected chi connectivity index (χ3v) is 5.62. The second-order valence-corrected chi connectivity index (χ2v) is 7.48. The summed E-state index contributed by atoms with van der Waals surface area (Å²) in [7, 11) is 0. The minimum Gasteiger partial charge on any atom is -0.478 e. The number of nitrogens with one attached hydrogen (secondary N) is 1. The number of carbonyl (C=O) groups is 1. The van der Waals surface area contributed by atoms with E-state index in [2.05, 4.69) is 46.3 Å². The van der Waals surface area contributed by atoms with Crippen LogP contribution in [0.2, 0.25) is 0 Å². The molecule has 0 amide bonds. The van der Waals surface area contributed by atoms with Gasteiger partial charge in [-0.25, -0.2) is 4.79 Å². The van der Waals surface area contributed by atoms with Crippen molar-refractivity contribution in [1.82, 2.24) is 9.88 Å². The Morgan fingerprint density at radius 2 is 1.96 bits per heavy atom. The molecule has 0 fully saturated rings. The van der Waals surface area contributed by atoms with E-state index in [0.29, 0.717) is 5.56 Å². The summed E-state index contributed by atoms with van der Waals surface area (Å²) in [6.07, 6.45) is 8.74. The molecule has 0 aliphatic carbocycles. The predicted molar refractivity (Wildman–Crippen MR) is 114 cm³/mol. The molecular weight excluding hydrogens is 348 g/mol. The van der Waals surface area contributed by atoms with E-state index in [1.54, 1.807) is 12.1 Å². The van der Waals surface area contributed by atoms with E-state index in [1.807, 2.05) is 12.3 Å². The summed E-state index contributed by atoms with van der Waals surface area (Å²) in [5.74, 6) is -0.873. The third-order valence-electron chi connectivity index (χ3n) is 5.62. The molecule has 3 aromatic rings. The van der Waals surface area contributed by atoms with E-state index in [0.717, 1.165) is 56.2 Å². The number of aromatic amines is 1. The van der Waals surface area contributed by atoms with Crippen LogP contribution in [0.15, 0.2) is 60.8 Å². The fourth-order valence-electron chi connectivity index (χ4n) is 4.00. The van der Waals surface area contributed by atoms with Gasteiger partial charge in [-0.1, -0.05) is 36.4 Å². The lowest BCUT2D eigenvalue weighted by molar-refractivity contribution is 0.0697. The summed E-state index contributed by atoms with van der Waals surface area (Å²) in [4.78, 5) is 17.0. The number of nitrogens with zero attached hydrogens (tertiary/aromatic N) is 1. The number of benzene rings is 2. The average molecular weight is 374 g/mol. The SMILES string of the molecule is O=C(O)c1ccc2[nH]cc(CCCCN3CC=C(c4ccccc4)CC3)c2c1. The van der Waals surface area contributed by atoms with Gasteiger partial charge in [0, 0.05) is 30.2 Å². The first-order chi connectivity index (χ1) is 13.7. The first-order valence-corrected chi connectivity index (χ1v) is 10.0. The van der Waals surface area contributed by atoms with Crippen molar-refractivity contribution < 1.29 is 9.90 Å². The predicted octanol–water partition coefficient (Wildman–Crippen LogP) is 4.98. The van der Waals surface area contributed by atoms with Crippen LogP contribution in [0, 0.1) is 0 Å². The monoisotopic (exact) mass is 374 g/mol. The molecule has 4 rings (SSSR count). The van der Waals surface area contributed by atoms with Gasteiger partial charge in [-0.15, -0.1) is 0 Å². The number of rotatable bonds is 7. The average Bonchev–Trinajstić information content (AvgIpc) is 3.14. The third kappa shape index (κ3) is 4.18. The molecule has 2 N–H and O–H groups in total. The van der Waals surface area contributed by atoms with E-state index in [1.165, 1.54) is 16.7 Å². The van der Waals surface area contributed by atoms with Crippen molar-refractivity contribution in [3.63, 3.8) is 0 Å². The Labute approximate surface area is 165 Å². The zero-order valence-electron chi connectivity index (χ0n) is 16.0. The van der Waals surface area contributed by atoms with Crippen LogP contribution in [0.1, 0.15) is 40.7 Å². The van der Waals surface area contributed by atoms with Crippen LogP contribution in [-0.2, 0) is 6.42 Å². The molecule has 144 valence electrons. The summed E-state index contributed by atoms with van der Waals surface area (Å²) in [6, 6.07) is 15.9. The second kappa shape index (κ2) is 8.44. The van der Waals surface area contributed by atoms with E-state index < -0.39 is 5.97 Å². The molecule has 0 unspecified atom stereocenters.